The second-order valence-corrected chi connectivity index (χ2v) is 5.23. The Morgan fingerprint density at radius 2 is 1.46 bits per heavy atom. The summed E-state index contributed by atoms with van der Waals surface area (Å²) in [4.78, 5) is 12.1. The number of hydrazone groups is 1. The number of benzene rings is 3. The molecule has 118 valence electrons. The Hall–Kier alpha value is -3.40. The lowest BCUT2D eigenvalue weighted by Crippen LogP contribution is -2.17. The van der Waals surface area contributed by atoms with Gasteiger partial charge in [-0.05, 0) is 53.1 Å². The minimum Gasteiger partial charge on any atom is -0.508 e. The Kier molecular flexibility index (Phi) is 4.68. The topological polar surface area (TPSA) is 61.7 Å². The number of rotatable bonds is 4. The number of phenols is 1. The van der Waals surface area contributed by atoms with Crippen molar-refractivity contribution in [3.05, 3.63) is 90.0 Å². The van der Waals surface area contributed by atoms with Crippen molar-refractivity contribution in [2.45, 2.75) is 0 Å². The monoisotopic (exact) mass is 316 g/mol. The van der Waals surface area contributed by atoms with Crippen molar-refractivity contribution in [3.8, 4) is 16.9 Å². The molecule has 0 fully saturated rings. The van der Waals surface area contributed by atoms with E-state index in [0.717, 1.165) is 16.7 Å². The van der Waals surface area contributed by atoms with Crippen LogP contribution in [-0.2, 0) is 0 Å². The van der Waals surface area contributed by atoms with Crippen LogP contribution in [0, 0.1) is 0 Å². The smallest absolute Gasteiger partial charge is 0.271 e. The standard InChI is InChI=1S/C20H16N2O2/c23-19-12-6-15(7-13-19)14-21-22-20(24)18-10-8-17(9-11-18)16-4-2-1-3-5-16/h1-14,23H,(H,22,24)/b21-14-. The first-order valence-electron chi connectivity index (χ1n) is 7.50. The van der Waals surface area contributed by atoms with Crippen LogP contribution >= 0.6 is 0 Å². The van der Waals surface area contributed by atoms with Gasteiger partial charge in [-0.3, -0.25) is 4.79 Å². The highest BCUT2D eigenvalue weighted by Crippen LogP contribution is 2.19. The van der Waals surface area contributed by atoms with E-state index < -0.39 is 0 Å². The SMILES string of the molecule is O=C(N/N=C\c1ccc(O)cc1)c1ccc(-c2ccccc2)cc1. The van der Waals surface area contributed by atoms with E-state index in [4.69, 9.17) is 0 Å². The van der Waals surface area contributed by atoms with Crippen molar-refractivity contribution in [1.29, 1.82) is 0 Å². The fourth-order valence-electron chi connectivity index (χ4n) is 2.24. The van der Waals surface area contributed by atoms with E-state index in [1.54, 1.807) is 36.4 Å². The van der Waals surface area contributed by atoms with Crippen molar-refractivity contribution in [2.75, 3.05) is 0 Å². The number of aromatic hydroxyl groups is 1. The molecule has 2 N–H and O–H groups in total. The lowest BCUT2D eigenvalue weighted by Gasteiger charge is -2.03. The van der Waals surface area contributed by atoms with E-state index in [9.17, 15) is 9.90 Å². The van der Waals surface area contributed by atoms with E-state index in [1.165, 1.54) is 6.21 Å². The van der Waals surface area contributed by atoms with Gasteiger partial charge in [0.2, 0.25) is 0 Å². The zero-order valence-electron chi connectivity index (χ0n) is 12.9. The highest BCUT2D eigenvalue weighted by molar-refractivity contribution is 5.95. The van der Waals surface area contributed by atoms with E-state index in [-0.39, 0.29) is 11.7 Å². The maximum atomic E-state index is 12.1. The third-order valence-corrected chi connectivity index (χ3v) is 3.53. The highest BCUT2D eigenvalue weighted by atomic mass is 16.3. The predicted molar refractivity (Wildman–Crippen MR) is 95.0 cm³/mol. The quantitative estimate of drug-likeness (QED) is 0.568. The number of phenolic OH excluding ortho intramolecular Hbond substituents is 1. The van der Waals surface area contributed by atoms with Crippen LogP contribution in [0.5, 0.6) is 5.75 Å². The van der Waals surface area contributed by atoms with E-state index in [0.29, 0.717) is 5.56 Å². The van der Waals surface area contributed by atoms with E-state index in [1.807, 2.05) is 42.5 Å². The Balaban J connectivity index is 1.64. The number of carbonyl (C=O) groups excluding carboxylic acids is 1. The second-order valence-electron chi connectivity index (χ2n) is 5.23. The molecule has 0 aliphatic rings. The molecule has 0 saturated carbocycles. The van der Waals surface area contributed by atoms with Crippen molar-refractivity contribution in [2.24, 2.45) is 5.10 Å². The van der Waals surface area contributed by atoms with Gasteiger partial charge in [-0.1, -0.05) is 42.5 Å². The summed E-state index contributed by atoms with van der Waals surface area (Å²) in [5, 5.41) is 13.1. The number of carbonyl (C=O) groups is 1. The number of nitrogens with zero attached hydrogens (tertiary/aromatic N) is 1. The first-order valence-corrected chi connectivity index (χ1v) is 7.50. The summed E-state index contributed by atoms with van der Waals surface area (Å²) in [5.41, 5.74) is 5.98. The summed E-state index contributed by atoms with van der Waals surface area (Å²) in [6.45, 7) is 0. The molecule has 0 aliphatic heterocycles. The minimum absolute atomic E-state index is 0.190. The molecule has 0 saturated heterocycles. The largest absolute Gasteiger partial charge is 0.508 e. The normalized spacial score (nSPS) is 10.7. The van der Waals surface area contributed by atoms with Gasteiger partial charge in [0.25, 0.3) is 5.91 Å². The summed E-state index contributed by atoms with van der Waals surface area (Å²) in [6, 6.07) is 23.9. The summed E-state index contributed by atoms with van der Waals surface area (Å²) in [6.07, 6.45) is 1.52. The minimum atomic E-state index is -0.273. The van der Waals surface area contributed by atoms with Gasteiger partial charge in [0.1, 0.15) is 5.75 Å². The molecule has 1 amide bonds. The zero-order chi connectivity index (χ0) is 16.8. The molecule has 24 heavy (non-hydrogen) atoms. The average Bonchev–Trinajstić information content (AvgIpc) is 2.64. The molecule has 0 atom stereocenters. The van der Waals surface area contributed by atoms with Crippen LogP contribution in [0.25, 0.3) is 11.1 Å². The maximum absolute atomic E-state index is 12.1. The van der Waals surface area contributed by atoms with Crippen LogP contribution < -0.4 is 5.43 Å². The molecule has 0 unspecified atom stereocenters. The van der Waals surface area contributed by atoms with Gasteiger partial charge in [0.05, 0.1) is 6.21 Å². The molecule has 3 aromatic carbocycles. The molecule has 0 radical (unpaired) electrons. The van der Waals surface area contributed by atoms with Crippen molar-refractivity contribution in [1.82, 2.24) is 5.43 Å². The van der Waals surface area contributed by atoms with Gasteiger partial charge >= 0.3 is 0 Å². The van der Waals surface area contributed by atoms with Gasteiger partial charge < -0.3 is 5.11 Å². The summed E-state index contributed by atoms with van der Waals surface area (Å²) in [7, 11) is 0. The fourth-order valence-corrected chi connectivity index (χ4v) is 2.24. The summed E-state index contributed by atoms with van der Waals surface area (Å²) < 4.78 is 0. The number of amides is 1. The van der Waals surface area contributed by atoms with Crippen LogP contribution in [0.15, 0.2) is 84.0 Å². The molecule has 4 nitrogen and oxygen atoms in total. The van der Waals surface area contributed by atoms with Crippen LogP contribution in [0.2, 0.25) is 0 Å². The first kappa shape index (κ1) is 15.5. The highest BCUT2D eigenvalue weighted by Gasteiger charge is 2.04. The summed E-state index contributed by atoms with van der Waals surface area (Å²) in [5.74, 6) is -0.0840. The number of hydrogen-bond donors (Lipinski definition) is 2. The molecule has 3 aromatic rings. The molecule has 0 aromatic heterocycles. The third-order valence-electron chi connectivity index (χ3n) is 3.53. The lowest BCUT2D eigenvalue weighted by molar-refractivity contribution is 0.0955. The zero-order valence-corrected chi connectivity index (χ0v) is 12.9. The van der Waals surface area contributed by atoms with E-state index >= 15 is 0 Å². The van der Waals surface area contributed by atoms with Gasteiger partial charge in [-0.2, -0.15) is 5.10 Å². The second kappa shape index (κ2) is 7.24. The lowest BCUT2D eigenvalue weighted by atomic mass is 10.0. The van der Waals surface area contributed by atoms with Crippen LogP contribution in [-0.4, -0.2) is 17.2 Å². The Morgan fingerprint density at radius 3 is 2.12 bits per heavy atom. The van der Waals surface area contributed by atoms with Crippen molar-refractivity contribution in [3.63, 3.8) is 0 Å². The molecule has 0 bridgehead atoms. The Bertz CT molecular complexity index is 839. The molecule has 0 spiro atoms. The van der Waals surface area contributed by atoms with Crippen LogP contribution in [0.1, 0.15) is 15.9 Å². The van der Waals surface area contributed by atoms with E-state index in [2.05, 4.69) is 10.5 Å². The molecule has 0 aliphatic carbocycles. The number of nitrogens with one attached hydrogen (secondary N) is 1. The van der Waals surface area contributed by atoms with Crippen LogP contribution in [0.4, 0.5) is 0 Å². The average molecular weight is 316 g/mol. The molecule has 4 heteroatoms. The summed E-state index contributed by atoms with van der Waals surface area (Å²) >= 11 is 0. The van der Waals surface area contributed by atoms with Crippen molar-refractivity contribution < 1.29 is 9.90 Å². The van der Waals surface area contributed by atoms with Crippen molar-refractivity contribution >= 4 is 12.1 Å². The first-order chi connectivity index (χ1) is 11.7. The van der Waals surface area contributed by atoms with Gasteiger partial charge in [0, 0.05) is 5.56 Å². The molecule has 0 heterocycles. The maximum Gasteiger partial charge on any atom is 0.271 e. The Morgan fingerprint density at radius 1 is 0.833 bits per heavy atom. The molecular weight excluding hydrogens is 300 g/mol. The van der Waals surface area contributed by atoms with Gasteiger partial charge in [-0.15, -0.1) is 0 Å². The third kappa shape index (κ3) is 3.87. The van der Waals surface area contributed by atoms with Gasteiger partial charge in [0.15, 0.2) is 0 Å². The molecule has 3 rings (SSSR count). The van der Waals surface area contributed by atoms with Gasteiger partial charge in [-0.25, -0.2) is 5.43 Å². The fraction of sp³-hybridized carbons (Fsp3) is 0. The predicted octanol–water partition coefficient (Wildman–Crippen LogP) is 3.82. The van der Waals surface area contributed by atoms with Crippen LogP contribution in [0.3, 0.4) is 0 Å². The Labute approximate surface area is 140 Å². The molecular formula is C20H16N2O2. The number of hydrogen-bond acceptors (Lipinski definition) is 3.